The van der Waals surface area contributed by atoms with Crippen molar-refractivity contribution in [3.05, 3.63) is 197 Å². The van der Waals surface area contributed by atoms with Crippen molar-refractivity contribution in [2.45, 2.75) is 25.3 Å². The highest BCUT2D eigenvalue weighted by molar-refractivity contribution is 6.13. The summed E-state index contributed by atoms with van der Waals surface area (Å²) in [6, 6.07) is 53.7. The Labute approximate surface area is 282 Å². The van der Waals surface area contributed by atoms with Gasteiger partial charge in [0.15, 0.2) is 0 Å². The van der Waals surface area contributed by atoms with E-state index in [2.05, 4.69) is 175 Å². The molecule has 0 radical (unpaired) electrons. The lowest BCUT2D eigenvalue weighted by molar-refractivity contribution is 0.734. The molecule has 9 rings (SSSR count). The van der Waals surface area contributed by atoms with Crippen LogP contribution in [-0.4, -0.2) is 10.8 Å². The van der Waals surface area contributed by atoms with Crippen LogP contribution in [0.25, 0.3) is 38.6 Å². The number of para-hydroxylation sites is 1. The predicted molar refractivity (Wildman–Crippen MR) is 201 cm³/mol. The van der Waals surface area contributed by atoms with Crippen LogP contribution in [0.1, 0.15) is 41.2 Å². The van der Waals surface area contributed by atoms with E-state index in [1.165, 1.54) is 66.3 Å². The number of aliphatic imine (C=N–C) groups is 1. The summed E-state index contributed by atoms with van der Waals surface area (Å²) < 4.78 is 2.51. The second-order valence-electron chi connectivity index (χ2n) is 13.2. The molecule has 1 aromatic heterocycles. The maximum absolute atomic E-state index is 4.88. The highest BCUT2D eigenvalue weighted by Gasteiger charge is 2.48. The first-order chi connectivity index (χ1) is 23.7. The van der Waals surface area contributed by atoms with Crippen LogP contribution in [0.2, 0.25) is 0 Å². The number of hydrogen-bond acceptors (Lipinski definition) is 1. The van der Waals surface area contributed by atoms with Crippen molar-refractivity contribution in [1.29, 1.82) is 0 Å². The molecule has 1 heterocycles. The molecule has 230 valence electrons. The average molecular weight is 617 g/mol. The third-order valence-corrected chi connectivity index (χ3v) is 10.2. The highest BCUT2D eigenvalue weighted by atomic mass is 15.0. The zero-order valence-corrected chi connectivity index (χ0v) is 27.1. The lowest BCUT2D eigenvalue weighted by Gasteiger charge is -2.34. The molecular weight excluding hydrogens is 581 g/mol. The molecule has 0 spiro atoms. The first-order valence-corrected chi connectivity index (χ1v) is 17.0. The molecule has 2 aliphatic carbocycles. The normalized spacial score (nSPS) is 16.4. The minimum absolute atomic E-state index is 0.500. The van der Waals surface area contributed by atoms with Crippen LogP contribution >= 0.6 is 0 Å². The Bertz CT molecular complexity index is 2370. The third-order valence-electron chi connectivity index (χ3n) is 10.2. The summed E-state index contributed by atoms with van der Waals surface area (Å²) in [5, 5.41) is 2.52. The number of allylic oxidation sites excluding steroid dienone is 4. The van der Waals surface area contributed by atoms with Crippen molar-refractivity contribution < 1.29 is 0 Å². The van der Waals surface area contributed by atoms with E-state index >= 15 is 0 Å². The molecule has 2 heteroatoms. The zero-order chi connectivity index (χ0) is 32.1. The second-order valence-corrected chi connectivity index (χ2v) is 13.2. The Morgan fingerprint density at radius 2 is 1.44 bits per heavy atom. The summed E-state index contributed by atoms with van der Waals surface area (Å²) in [5.74, 6) is 0.557. The Morgan fingerprint density at radius 3 is 2.23 bits per heavy atom. The van der Waals surface area contributed by atoms with Crippen molar-refractivity contribution in [3.63, 3.8) is 0 Å². The van der Waals surface area contributed by atoms with Gasteiger partial charge in [0.1, 0.15) is 0 Å². The molecule has 6 aromatic carbocycles. The topological polar surface area (TPSA) is 17.3 Å². The zero-order valence-electron chi connectivity index (χ0n) is 27.1. The second kappa shape index (κ2) is 11.5. The van der Waals surface area contributed by atoms with Gasteiger partial charge in [-0.25, -0.2) is 0 Å². The van der Waals surface area contributed by atoms with Crippen molar-refractivity contribution in [2.24, 2.45) is 10.9 Å². The summed E-state index contributed by atoms with van der Waals surface area (Å²) in [6.45, 7) is 2.89. The van der Waals surface area contributed by atoms with Crippen LogP contribution < -0.4 is 0 Å². The maximum atomic E-state index is 4.88. The Balaban J connectivity index is 1.33. The lowest BCUT2D eigenvalue weighted by atomic mass is 9.67. The van der Waals surface area contributed by atoms with Crippen molar-refractivity contribution in [1.82, 2.24) is 4.57 Å². The monoisotopic (exact) mass is 616 g/mol. The first kappa shape index (κ1) is 28.5. The van der Waals surface area contributed by atoms with Gasteiger partial charge < -0.3 is 4.57 Å². The number of rotatable bonds is 6. The standard InChI is InChI=1S/C46H36N2/c1-32-14-12-15-33(28-32)30-47-31-34-16-13-21-37(29-34)48-43-25-11-9-23-39(43)41-27-26-40-38-22-8-10-24-42(38)46(44(40)45(41)48,35-17-4-2-5-18-35)36-19-6-3-7-20-36/h2-13,15-30,32H,14,31H2,1H3/b47-30+. The fraction of sp³-hybridized carbons (Fsp3) is 0.109. The molecule has 1 unspecified atom stereocenters. The van der Waals surface area contributed by atoms with Gasteiger partial charge >= 0.3 is 0 Å². The van der Waals surface area contributed by atoms with E-state index in [4.69, 9.17) is 4.99 Å². The SMILES string of the molecule is CC1C=C(/C=N/Cc2cccc(-n3c4ccccc4c4ccc5c(c43)C(c3ccccc3)(c3ccccc3)c3ccccc3-5)c2)C=CC1. The van der Waals surface area contributed by atoms with Gasteiger partial charge in [-0.3, -0.25) is 4.99 Å². The molecule has 1 atom stereocenters. The largest absolute Gasteiger partial charge is 0.309 e. The Morgan fingerprint density at radius 1 is 0.708 bits per heavy atom. The van der Waals surface area contributed by atoms with E-state index in [9.17, 15) is 0 Å². The summed E-state index contributed by atoms with van der Waals surface area (Å²) in [7, 11) is 0. The average Bonchev–Trinajstić information content (AvgIpc) is 3.64. The van der Waals surface area contributed by atoms with Crippen LogP contribution in [-0.2, 0) is 12.0 Å². The van der Waals surface area contributed by atoms with Crippen molar-refractivity contribution >= 4 is 28.0 Å². The summed E-state index contributed by atoms with van der Waals surface area (Å²) in [5.41, 5.74) is 13.3. The molecule has 0 fully saturated rings. The molecule has 0 saturated carbocycles. The number of hydrogen-bond donors (Lipinski definition) is 0. The Kier molecular flexibility index (Phi) is 6.83. The number of aromatic nitrogens is 1. The van der Waals surface area contributed by atoms with Gasteiger partial charge in [0, 0.05) is 28.2 Å². The first-order valence-electron chi connectivity index (χ1n) is 17.0. The lowest BCUT2D eigenvalue weighted by Crippen LogP contribution is -2.29. The smallest absolute Gasteiger partial charge is 0.0734 e. The van der Waals surface area contributed by atoms with E-state index in [0.29, 0.717) is 12.5 Å². The van der Waals surface area contributed by atoms with E-state index in [-0.39, 0.29) is 0 Å². The fourth-order valence-corrected chi connectivity index (χ4v) is 8.26. The van der Waals surface area contributed by atoms with Gasteiger partial charge in [-0.15, -0.1) is 0 Å². The third kappa shape index (κ3) is 4.37. The maximum Gasteiger partial charge on any atom is 0.0734 e. The van der Waals surface area contributed by atoms with Crippen LogP contribution in [0.4, 0.5) is 0 Å². The number of nitrogens with zero attached hydrogens (tertiary/aromatic N) is 2. The molecule has 48 heavy (non-hydrogen) atoms. The minimum atomic E-state index is -0.500. The van der Waals surface area contributed by atoms with E-state index < -0.39 is 5.41 Å². The molecular formula is C46H36N2. The van der Waals surface area contributed by atoms with Gasteiger partial charge in [0.2, 0.25) is 0 Å². The van der Waals surface area contributed by atoms with E-state index in [1.807, 2.05) is 6.21 Å². The number of fused-ring (bicyclic) bond motifs is 7. The summed E-state index contributed by atoms with van der Waals surface area (Å²) in [4.78, 5) is 4.88. The van der Waals surface area contributed by atoms with Gasteiger partial charge in [-0.05, 0) is 69.5 Å². The molecule has 0 N–H and O–H groups in total. The molecule has 0 aliphatic heterocycles. The Hall–Kier alpha value is -5.73. The van der Waals surface area contributed by atoms with Crippen LogP contribution in [0.5, 0.6) is 0 Å². The van der Waals surface area contributed by atoms with E-state index in [1.54, 1.807) is 0 Å². The molecule has 7 aromatic rings. The summed E-state index contributed by atoms with van der Waals surface area (Å²) in [6.07, 6.45) is 9.86. The van der Waals surface area contributed by atoms with E-state index in [0.717, 1.165) is 12.1 Å². The minimum Gasteiger partial charge on any atom is -0.309 e. The predicted octanol–water partition coefficient (Wildman–Crippen LogP) is 11.2. The molecule has 2 aliphatic rings. The fourth-order valence-electron chi connectivity index (χ4n) is 8.26. The van der Waals surface area contributed by atoms with Gasteiger partial charge in [0.05, 0.1) is 23.0 Å². The summed E-state index contributed by atoms with van der Waals surface area (Å²) >= 11 is 0. The van der Waals surface area contributed by atoms with Crippen LogP contribution in [0.15, 0.2) is 174 Å². The highest BCUT2D eigenvalue weighted by Crippen LogP contribution is 2.58. The number of benzene rings is 6. The molecule has 0 amide bonds. The van der Waals surface area contributed by atoms with Crippen molar-refractivity contribution in [3.8, 4) is 16.8 Å². The molecule has 0 saturated heterocycles. The van der Waals surface area contributed by atoms with Gasteiger partial charge in [-0.2, -0.15) is 0 Å². The van der Waals surface area contributed by atoms with Crippen LogP contribution in [0.3, 0.4) is 0 Å². The van der Waals surface area contributed by atoms with Gasteiger partial charge in [0.25, 0.3) is 0 Å². The molecule has 2 nitrogen and oxygen atoms in total. The van der Waals surface area contributed by atoms with Crippen molar-refractivity contribution in [2.75, 3.05) is 0 Å². The van der Waals surface area contributed by atoms with Crippen LogP contribution in [0, 0.1) is 5.92 Å². The van der Waals surface area contributed by atoms with Gasteiger partial charge in [-0.1, -0.05) is 153 Å². The quantitative estimate of drug-likeness (QED) is 0.165. The molecule has 0 bridgehead atoms.